The van der Waals surface area contributed by atoms with Crippen molar-refractivity contribution in [2.24, 2.45) is 0 Å². The summed E-state index contributed by atoms with van der Waals surface area (Å²) >= 11 is 0. The molecule has 0 saturated carbocycles. The maximum Gasteiger partial charge on any atom is 0.271 e. The molecule has 9 heteroatoms. The highest BCUT2D eigenvalue weighted by atomic mass is 16.6. The number of imide groups is 1. The fourth-order valence-corrected chi connectivity index (χ4v) is 3.69. The fraction of sp³-hybridized carbons (Fsp3) is 0.0476. The van der Waals surface area contributed by atoms with Crippen molar-refractivity contribution in [1.82, 2.24) is 14.8 Å². The van der Waals surface area contributed by atoms with Gasteiger partial charge in [-0.1, -0.05) is 24.3 Å². The molecule has 1 aliphatic rings. The van der Waals surface area contributed by atoms with E-state index in [4.69, 9.17) is 0 Å². The molecular formula is C21H13N5O4. The predicted molar refractivity (Wildman–Crippen MR) is 108 cm³/mol. The summed E-state index contributed by atoms with van der Waals surface area (Å²) in [5.41, 5.74) is 2.07. The van der Waals surface area contributed by atoms with Crippen LogP contribution in [0, 0.1) is 17.0 Å². The van der Waals surface area contributed by atoms with Crippen LogP contribution in [0.15, 0.2) is 60.8 Å². The van der Waals surface area contributed by atoms with Crippen LogP contribution >= 0.6 is 0 Å². The maximum atomic E-state index is 13.3. The zero-order valence-electron chi connectivity index (χ0n) is 15.6. The molecule has 0 unspecified atom stereocenters. The minimum atomic E-state index is -0.574. The Balaban J connectivity index is 1.70. The molecule has 2 aromatic carbocycles. The van der Waals surface area contributed by atoms with Crippen LogP contribution < -0.4 is 4.90 Å². The first-order valence-electron chi connectivity index (χ1n) is 9.04. The highest BCUT2D eigenvalue weighted by Gasteiger charge is 2.40. The van der Waals surface area contributed by atoms with Crippen molar-refractivity contribution in [3.8, 4) is 5.69 Å². The first-order chi connectivity index (χ1) is 14.5. The smallest absolute Gasteiger partial charge is 0.268 e. The number of aryl methyl sites for hydroxylation is 1. The molecule has 2 amide bonds. The van der Waals surface area contributed by atoms with Crippen LogP contribution in [0.5, 0.6) is 0 Å². The van der Waals surface area contributed by atoms with Crippen LogP contribution in [0.3, 0.4) is 0 Å². The molecular weight excluding hydrogens is 386 g/mol. The van der Waals surface area contributed by atoms with E-state index in [1.807, 2.05) is 30.3 Å². The van der Waals surface area contributed by atoms with Crippen molar-refractivity contribution in [3.05, 3.63) is 87.7 Å². The Morgan fingerprint density at radius 2 is 1.70 bits per heavy atom. The van der Waals surface area contributed by atoms with Gasteiger partial charge in [0.05, 0.1) is 38.5 Å². The normalized spacial score (nSPS) is 13.2. The Hall–Kier alpha value is -4.40. The molecule has 0 atom stereocenters. The van der Waals surface area contributed by atoms with Crippen molar-refractivity contribution in [2.45, 2.75) is 6.92 Å². The van der Waals surface area contributed by atoms with E-state index in [0.717, 1.165) is 10.6 Å². The van der Waals surface area contributed by atoms with E-state index in [1.165, 1.54) is 30.5 Å². The molecule has 3 heterocycles. The Morgan fingerprint density at radius 1 is 0.967 bits per heavy atom. The molecule has 1 aliphatic heterocycles. The van der Waals surface area contributed by atoms with E-state index >= 15 is 0 Å². The average Bonchev–Trinajstić information content (AvgIpc) is 3.23. The first kappa shape index (κ1) is 17.7. The predicted octanol–water partition coefficient (Wildman–Crippen LogP) is 3.44. The van der Waals surface area contributed by atoms with Gasteiger partial charge in [-0.25, -0.2) is 14.6 Å². The highest BCUT2D eigenvalue weighted by molar-refractivity contribution is 6.37. The van der Waals surface area contributed by atoms with Gasteiger partial charge in [0.1, 0.15) is 0 Å². The summed E-state index contributed by atoms with van der Waals surface area (Å²) in [5.74, 6) is -1.13. The third kappa shape index (κ3) is 2.42. The van der Waals surface area contributed by atoms with Crippen LogP contribution in [-0.4, -0.2) is 31.5 Å². The second-order valence-corrected chi connectivity index (χ2v) is 6.80. The van der Waals surface area contributed by atoms with Crippen LogP contribution in [0.2, 0.25) is 0 Å². The van der Waals surface area contributed by atoms with Gasteiger partial charge in [0.2, 0.25) is 0 Å². The van der Waals surface area contributed by atoms with Gasteiger partial charge >= 0.3 is 0 Å². The number of para-hydroxylation sites is 1. The lowest BCUT2D eigenvalue weighted by Crippen LogP contribution is -2.29. The van der Waals surface area contributed by atoms with Crippen molar-refractivity contribution in [2.75, 3.05) is 4.90 Å². The van der Waals surface area contributed by atoms with Gasteiger partial charge in [0, 0.05) is 18.3 Å². The first-order valence-corrected chi connectivity index (χ1v) is 9.04. The minimum absolute atomic E-state index is 0.136. The van der Waals surface area contributed by atoms with Gasteiger partial charge in [0.25, 0.3) is 17.5 Å². The highest BCUT2D eigenvalue weighted by Crippen LogP contribution is 2.35. The molecule has 0 aliphatic carbocycles. The Bertz CT molecular complexity index is 1380. The lowest BCUT2D eigenvalue weighted by atomic mass is 10.1. The largest absolute Gasteiger partial charge is 0.271 e. The average molecular weight is 399 g/mol. The lowest BCUT2D eigenvalue weighted by Gasteiger charge is -2.13. The number of non-ortho nitro benzene ring substituents is 1. The summed E-state index contributed by atoms with van der Waals surface area (Å²) in [7, 11) is 0. The summed E-state index contributed by atoms with van der Waals surface area (Å²) in [6.45, 7) is 1.75. The van der Waals surface area contributed by atoms with Crippen molar-refractivity contribution in [3.63, 3.8) is 0 Å². The molecule has 0 bridgehead atoms. The van der Waals surface area contributed by atoms with E-state index in [9.17, 15) is 19.7 Å². The third-order valence-corrected chi connectivity index (χ3v) is 5.02. The Kier molecular flexibility index (Phi) is 3.72. The van der Waals surface area contributed by atoms with Gasteiger partial charge < -0.3 is 0 Å². The number of rotatable bonds is 3. The number of hydrogen-bond acceptors (Lipinski definition) is 6. The maximum absolute atomic E-state index is 13.3. The number of carbonyl (C=O) groups is 2. The SMILES string of the molecule is Cc1nn(-c2ccccc2)c2ncc3c(c12)C(=O)N(c1cccc([N+](=O)[O-])c1)C3=O. The number of nitrogens with zero attached hydrogens (tertiary/aromatic N) is 5. The third-order valence-electron chi connectivity index (χ3n) is 5.02. The van der Waals surface area contributed by atoms with Crippen molar-refractivity contribution in [1.29, 1.82) is 0 Å². The van der Waals surface area contributed by atoms with E-state index in [2.05, 4.69) is 10.1 Å². The number of anilines is 1. The van der Waals surface area contributed by atoms with Crippen LogP contribution in [0.1, 0.15) is 26.4 Å². The Morgan fingerprint density at radius 3 is 2.43 bits per heavy atom. The van der Waals surface area contributed by atoms with E-state index in [0.29, 0.717) is 16.7 Å². The number of pyridine rings is 1. The minimum Gasteiger partial charge on any atom is -0.268 e. The van der Waals surface area contributed by atoms with Gasteiger partial charge in [-0.3, -0.25) is 19.7 Å². The lowest BCUT2D eigenvalue weighted by molar-refractivity contribution is -0.384. The molecule has 146 valence electrons. The van der Waals surface area contributed by atoms with Crippen molar-refractivity contribution < 1.29 is 14.5 Å². The number of hydrogen-bond donors (Lipinski definition) is 0. The van der Waals surface area contributed by atoms with Gasteiger partial charge in [0.15, 0.2) is 5.65 Å². The summed E-state index contributed by atoms with van der Waals surface area (Å²) < 4.78 is 1.62. The molecule has 0 fully saturated rings. The summed E-state index contributed by atoms with van der Waals surface area (Å²) in [6, 6.07) is 14.8. The fourth-order valence-electron chi connectivity index (χ4n) is 3.69. The van der Waals surface area contributed by atoms with E-state index in [1.54, 1.807) is 11.6 Å². The van der Waals surface area contributed by atoms with Crippen LogP contribution in [0.4, 0.5) is 11.4 Å². The zero-order chi connectivity index (χ0) is 21.0. The topological polar surface area (TPSA) is 111 Å². The van der Waals surface area contributed by atoms with Crippen molar-refractivity contribution >= 4 is 34.2 Å². The number of nitro groups is 1. The van der Waals surface area contributed by atoms with Crippen LogP contribution in [0.25, 0.3) is 16.7 Å². The summed E-state index contributed by atoms with van der Waals surface area (Å²) in [6.07, 6.45) is 1.36. The molecule has 0 N–H and O–H groups in total. The standard InChI is InChI=1S/C21H13N5O4/c1-12-17-18-16(11-22-19(17)25(23-12)13-6-3-2-4-7-13)20(27)24(21(18)28)14-8-5-9-15(10-14)26(29)30/h2-11H,1H3. The molecule has 2 aromatic heterocycles. The summed E-state index contributed by atoms with van der Waals surface area (Å²) in [5, 5.41) is 16.1. The molecule has 0 saturated heterocycles. The van der Waals surface area contributed by atoms with E-state index in [-0.39, 0.29) is 22.5 Å². The van der Waals surface area contributed by atoms with Gasteiger partial charge in [-0.05, 0) is 25.1 Å². The quantitative estimate of drug-likeness (QED) is 0.296. The number of fused-ring (bicyclic) bond motifs is 3. The number of carbonyl (C=O) groups excluding carboxylic acids is 2. The monoisotopic (exact) mass is 399 g/mol. The van der Waals surface area contributed by atoms with Crippen LogP contribution in [-0.2, 0) is 0 Å². The van der Waals surface area contributed by atoms with Gasteiger partial charge in [-0.2, -0.15) is 5.10 Å². The second-order valence-electron chi connectivity index (χ2n) is 6.80. The molecule has 4 aromatic rings. The van der Waals surface area contributed by atoms with E-state index < -0.39 is 16.7 Å². The Labute approximate surface area is 169 Å². The summed E-state index contributed by atoms with van der Waals surface area (Å²) in [4.78, 5) is 42.1. The number of amides is 2. The number of benzene rings is 2. The molecule has 30 heavy (non-hydrogen) atoms. The second kappa shape index (κ2) is 6.31. The zero-order valence-corrected chi connectivity index (χ0v) is 15.6. The molecule has 9 nitrogen and oxygen atoms in total. The number of nitro benzene ring substituents is 1. The van der Waals surface area contributed by atoms with Gasteiger partial charge in [-0.15, -0.1) is 0 Å². The molecule has 5 rings (SSSR count). The molecule has 0 spiro atoms. The molecule has 0 radical (unpaired) electrons. The number of aromatic nitrogens is 3.